The van der Waals surface area contributed by atoms with Crippen molar-refractivity contribution in [2.24, 2.45) is 5.92 Å². The van der Waals surface area contributed by atoms with Crippen LogP contribution in [0, 0.1) is 5.92 Å². The van der Waals surface area contributed by atoms with Gasteiger partial charge in [-0.2, -0.15) is 23.5 Å². The molecule has 104 valence electrons. The molecule has 0 aromatic rings. The Morgan fingerprint density at radius 2 is 2.00 bits per heavy atom. The Balaban J connectivity index is 1.80. The van der Waals surface area contributed by atoms with Gasteiger partial charge in [0.05, 0.1) is 0 Å². The van der Waals surface area contributed by atoms with Crippen molar-refractivity contribution in [1.29, 1.82) is 0 Å². The van der Waals surface area contributed by atoms with Gasteiger partial charge in [-0.3, -0.25) is 4.79 Å². The summed E-state index contributed by atoms with van der Waals surface area (Å²) < 4.78 is 0. The summed E-state index contributed by atoms with van der Waals surface area (Å²) in [6.07, 6.45) is 0.755. The number of thioether (sulfide) groups is 2. The van der Waals surface area contributed by atoms with Crippen LogP contribution in [0.15, 0.2) is 0 Å². The van der Waals surface area contributed by atoms with Crippen molar-refractivity contribution in [2.45, 2.75) is 19.4 Å². The summed E-state index contributed by atoms with van der Waals surface area (Å²) in [5, 5.41) is 0. The van der Waals surface area contributed by atoms with Crippen molar-refractivity contribution in [3.8, 4) is 0 Å². The Bertz CT molecular complexity index is 280. The summed E-state index contributed by atoms with van der Waals surface area (Å²) in [6.45, 7) is 4.98. The van der Waals surface area contributed by atoms with Gasteiger partial charge in [-0.1, -0.05) is 0 Å². The molecule has 1 amide bonds. The molecule has 0 saturated carbocycles. The van der Waals surface area contributed by atoms with E-state index in [1.165, 1.54) is 23.0 Å². The summed E-state index contributed by atoms with van der Waals surface area (Å²) in [7, 11) is 2.23. The normalized spacial score (nSPS) is 26.9. The van der Waals surface area contributed by atoms with Crippen LogP contribution in [0.25, 0.3) is 0 Å². The van der Waals surface area contributed by atoms with Crippen LogP contribution in [-0.2, 0) is 4.79 Å². The average molecular weight is 288 g/mol. The van der Waals surface area contributed by atoms with Crippen LogP contribution >= 0.6 is 23.5 Å². The second kappa shape index (κ2) is 7.06. The first kappa shape index (κ1) is 14.5. The number of hydrogen-bond donors (Lipinski definition) is 0. The number of likely N-dealkylation sites (tertiary alicyclic amines) is 1. The number of carbonyl (C=O) groups excluding carboxylic acids is 1. The van der Waals surface area contributed by atoms with Gasteiger partial charge in [0.25, 0.3) is 0 Å². The van der Waals surface area contributed by atoms with Crippen LogP contribution in [0.3, 0.4) is 0 Å². The molecule has 0 N–H and O–H groups in total. The Morgan fingerprint density at radius 3 is 2.56 bits per heavy atom. The number of nitrogens with zero attached hydrogens (tertiary/aromatic N) is 2. The van der Waals surface area contributed by atoms with Crippen LogP contribution in [0.1, 0.15) is 13.3 Å². The minimum absolute atomic E-state index is 0.348. The van der Waals surface area contributed by atoms with E-state index in [1.807, 2.05) is 4.90 Å². The smallest absolute Gasteiger partial charge is 0.222 e. The van der Waals surface area contributed by atoms with Crippen molar-refractivity contribution < 1.29 is 4.79 Å². The molecule has 2 fully saturated rings. The molecule has 1 atom stereocenters. The summed E-state index contributed by atoms with van der Waals surface area (Å²) in [6, 6.07) is 0.688. The molecule has 2 rings (SSSR count). The number of carbonyl (C=O) groups is 1. The SMILES string of the molecule is CCN1C[C@@H](CN(C)C2CSCCSC2)CC1=O. The van der Waals surface area contributed by atoms with E-state index in [0.29, 0.717) is 17.9 Å². The number of rotatable bonds is 4. The largest absolute Gasteiger partial charge is 0.343 e. The van der Waals surface area contributed by atoms with Crippen molar-refractivity contribution in [3.63, 3.8) is 0 Å². The molecule has 2 aliphatic heterocycles. The third-order valence-electron chi connectivity index (χ3n) is 3.84. The molecule has 0 unspecified atom stereocenters. The Morgan fingerprint density at radius 1 is 1.33 bits per heavy atom. The fraction of sp³-hybridized carbons (Fsp3) is 0.923. The maximum atomic E-state index is 11.7. The van der Waals surface area contributed by atoms with Crippen molar-refractivity contribution in [1.82, 2.24) is 9.80 Å². The molecule has 0 aromatic carbocycles. The molecule has 2 saturated heterocycles. The zero-order chi connectivity index (χ0) is 13.0. The molecule has 2 heterocycles. The molecule has 2 aliphatic rings. The molecule has 0 spiro atoms. The van der Waals surface area contributed by atoms with E-state index in [9.17, 15) is 4.79 Å². The second-order valence-electron chi connectivity index (χ2n) is 5.25. The van der Waals surface area contributed by atoms with Crippen molar-refractivity contribution in [2.75, 3.05) is 49.7 Å². The summed E-state index contributed by atoms with van der Waals surface area (Å²) in [5.41, 5.74) is 0. The first-order valence-corrected chi connectivity index (χ1v) is 9.15. The van der Waals surface area contributed by atoms with Crippen LogP contribution in [0.5, 0.6) is 0 Å². The topological polar surface area (TPSA) is 23.6 Å². The Labute approximate surface area is 119 Å². The predicted molar refractivity (Wildman–Crippen MR) is 81.4 cm³/mol. The zero-order valence-electron chi connectivity index (χ0n) is 11.4. The lowest BCUT2D eigenvalue weighted by atomic mass is 10.1. The quantitative estimate of drug-likeness (QED) is 0.784. The van der Waals surface area contributed by atoms with Gasteiger partial charge in [-0.25, -0.2) is 0 Å². The number of amides is 1. The third kappa shape index (κ3) is 3.81. The van der Waals surface area contributed by atoms with E-state index in [-0.39, 0.29) is 0 Å². The van der Waals surface area contributed by atoms with Crippen LogP contribution < -0.4 is 0 Å². The van der Waals surface area contributed by atoms with Gasteiger partial charge >= 0.3 is 0 Å². The highest BCUT2D eigenvalue weighted by Gasteiger charge is 2.30. The molecular weight excluding hydrogens is 264 g/mol. The van der Waals surface area contributed by atoms with Gasteiger partial charge in [0, 0.05) is 55.1 Å². The lowest BCUT2D eigenvalue weighted by Crippen LogP contribution is -2.39. The maximum absolute atomic E-state index is 11.7. The maximum Gasteiger partial charge on any atom is 0.222 e. The Hall–Kier alpha value is 0.130. The highest BCUT2D eigenvalue weighted by atomic mass is 32.2. The van der Waals surface area contributed by atoms with Gasteiger partial charge in [-0.15, -0.1) is 0 Å². The molecule has 18 heavy (non-hydrogen) atoms. The minimum atomic E-state index is 0.348. The van der Waals surface area contributed by atoms with Crippen molar-refractivity contribution in [3.05, 3.63) is 0 Å². The van der Waals surface area contributed by atoms with Crippen LogP contribution in [0.2, 0.25) is 0 Å². The Kier molecular flexibility index (Phi) is 5.70. The third-order valence-corrected chi connectivity index (χ3v) is 6.32. The average Bonchev–Trinajstić information content (AvgIpc) is 2.58. The van der Waals surface area contributed by atoms with Gasteiger partial charge in [0.2, 0.25) is 5.91 Å². The van der Waals surface area contributed by atoms with Gasteiger partial charge in [0.15, 0.2) is 0 Å². The fourth-order valence-corrected chi connectivity index (χ4v) is 5.41. The highest BCUT2D eigenvalue weighted by Crippen LogP contribution is 2.23. The lowest BCUT2D eigenvalue weighted by molar-refractivity contribution is -0.127. The first-order valence-electron chi connectivity index (χ1n) is 6.84. The van der Waals surface area contributed by atoms with E-state index in [2.05, 4.69) is 42.4 Å². The summed E-state index contributed by atoms with van der Waals surface area (Å²) in [5.74, 6) is 5.98. The summed E-state index contributed by atoms with van der Waals surface area (Å²) >= 11 is 4.15. The van der Waals surface area contributed by atoms with E-state index < -0.39 is 0 Å². The zero-order valence-corrected chi connectivity index (χ0v) is 13.1. The van der Waals surface area contributed by atoms with E-state index in [1.54, 1.807) is 0 Å². The van der Waals surface area contributed by atoms with Crippen molar-refractivity contribution >= 4 is 29.4 Å². The molecule has 0 radical (unpaired) electrons. The van der Waals surface area contributed by atoms with E-state index in [0.717, 1.165) is 26.1 Å². The molecule has 0 aromatic heterocycles. The first-order chi connectivity index (χ1) is 8.70. The van der Waals surface area contributed by atoms with Crippen LogP contribution in [0.4, 0.5) is 0 Å². The molecule has 5 heteroatoms. The standard InChI is InChI=1S/C13H24N2OS2/c1-3-15-8-11(6-13(15)16)7-14(2)12-9-17-4-5-18-10-12/h11-12H,3-10H2,1-2H3/t11-/m1/s1. The molecular formula is C13H24N2OS2. The summed E-state index contributed by atoms with van der Waals surface area (Å²) in [4.78, 5) is 16.2. The van der Waals surface area contributed by atoms with Gasteiger partial charge in [-0.05, 0) is 19.9 Å². The van der Waals surface area contributed by atoms with E-state index >= 15 is 0 Å². The lowest BCUT2D eigenvalue weighted by Gasteiger charge is -2.28. The fourth-order valence-electron chi connectivity index (χ4n) is 2.70. The minimum Gasteiger partial charge on any atom is -0.343 e. The highest BCUT2D eigenvalue weighted by molar-refractivity contribution is 8.03. The molecule has 3 nitrogen and oxygen atoms in total. The molecule has 0 bridgehead atoms. The van der Waals surface area contributed by atoms with E-state index in [4.69, 9.17) is 0 Å². The van der Waals surface area contributed by atoms with Gasteiger partial charge < -0.3 is 9.80 Å². The van der Waals surface area contributed by atoms with Gasteiger partial charge in [0.1, 0.15) is 0 Å². The second-order valence-corrected chi connectivity index (χ2v) is 7.55. The van der Waals surface area contributed by atoms with Crippen LogP contribution in [-0.4, -0.2) is 71.4 Å². The predicted octanol–water partition coefficient (Wildman–Crippen LogP) is 1.64. The molecule has 0 aliphatic carbocycles. The number of hydrogen-bond acceptors (Lipinski definition) is 4. The monoisotopic (exact) mass is 288 g/mol.